The van der Waals surface area contributed by atoms with Gasteiger partial charge in [0.05, 0.1) is 6.61 Å². The SMILES string of the molecule is Cl.[O-][n+]1cc2ccccc2cc1CCCN1CCCC1CO. The first-order valence-electron chi connectivity index (χ1n) is 7.73. The van der Waals surface area contributed by atoms with Gasteiger partial charge in [0.15, 0.2) is 11.9 Å². The molecule has 2 heterocycles. The van der Waals surface area contributed by atoms with Crippen molar-refractivity contribution in [3.8, 4) is 0 Å². The number of likely N-dealkylation sites (tertiary alicyclic amines) is 1. The van der Waals surface area contributed by atoms with Crippen LogP contribution in [0.2, 0.25) is 0 Å². The Labute approximate surface area is 137 Å². The first kappa shape index (κ1) is 17.0. The molecule has 4 nitrogen and oxygen atoms in total. The van der Waals surface area contributed by atoms with Crippen LogP contribution in [0.1, 0.15) is 25.0 Å². The minimum Gasteiger partial charge on any atom is -0.618 e. The van der Waals surface area contributed by atoms with Crippen LogP contribution >= 0.6 is 12.4 Å². The molecule has 2 aromatic rings. The predicted molar refractivity (Wildman–Crippen MR) is 90.2 cm³/mol. The quantitative estimate of drug-likeness (QED) is 0.678. The standard InChI is InChI=1S/C17H22N2O2.ClH/c20-13-17-8-4-10-18(17)9-3-7-16-11-14-5-1-2-6-15(14)12-19(16)21;/h1-2,5-6,11-12,17,20H,3-4,7-10,13H2;1H. The lowest BCUT2D eigenvalue weighted by atomic mass is 10.1. The van der Waals surface area contributed by atoms with Crippen LogP contribution in [-0.4, -0.2) is 35.7 Å². The van der Waals surface area contributed by atoms with E-state index in [1.54, 1.807) is 6.20 Å². The number of aromatic nitrogens is 1. The highest BCUT2D eigenvalue weighted by atomic mass is 35.5. The molecule has 0 bridgehead atoms. The molecular formula is C17H23ClN2O2. The third kappa shape index (κ3) is 3.69. The zero-order valence-electron chi connectivity index (χ0n) is 12.6. The number of benzene rings is 1. The van der Waals surface area contributed by atoms with E-state index < -0.39 is 0 Å². The molecule has 0 radical (unpaired) electrons. The number of aliphatic hydroxyl groups is 1. The summed E-state index contributed by atoms with van der Waals surface area (Å²) < 4.78 is 0.996. The van der Waals surface area contributed by atoms with Crippen LogP contribution in [0.15, 0.2) is 36.5 Å². The number of halogens is 1. The van der Waals surface area contributed by atoms with Crippen molar-refractivity contribution in [3.05, 3.63) is 47.4 Å². The molecule has 3 rings (SSSR count). The molecule has 1 fully saturated rings. The van der Waals surface area contributed by atoms with E-state index in [1.165, 1.54) is 6.42 Å². The van der Waals surface area contributed by atoms with Gasteiger partial charge >= 0.3 is 0 Å². The van der Waals surface area contributed by atoms with Gasteiger partial charge in [-0.05, 0) is 43.8 Å². The predicted octanol–water partition coefficient (Wildman–Crippen LogP) is 2.28. The van der Waals surface area contributed by atoms with Crippen molar-refractivity contribution in [2.75, 3.05) is 19.7 Å². The Hall–Kier alpha value is -1.36. The third-order valence-electron chi connectivity index (χ3n) is 4.45. The van der Waals surface area contributed by atoms with Gasteiger partial charge in [-0.1, -0.05) is 18.2 Å². The maximum atomic E-state index is 12.0. The van der Waals surface area contributed by atoms with Gasteiger partial charge in [-0.15, -0.1) is 12.4 Å². The molecule has 1 aromatic carbocycles. The van der Waals surface area contributed by atoms with Crippen LogP contribution < -0.4 is 4.73 Å². The molecule has 0 amide bonds. The second-order valence-corrected chi connectivity index (χ2v) is 5.84. The van der Waals surface area contributed by atoms with Crippen molar-refractivity contribution >= 4 is 23.2 Å². The van der Waals surface area contributed by atoms with Gasteiger partial charge in [-0.2, -0.15) is 4.73 Å². The van der Waals surface area contributed by atoms with Crippen molar-refractivity contribution in [1.82, 2.24) is 4.90 Å². The Morgan fingerprint density at radius 2 is 2.05 bits per heavy atom. The Kier molecular flexibility index (Phi) is 6.00. The number of hydrogen-bond acceptors (Lipinski definition) is 3. The lowest BCUT2D eigenvalue weighted by molar-refractivity contribution is -0.612. The van der Waals surface area contributed by atoms with Gasteiger partial charge in [0.2, 0.25) is 0 Å². The fraction of sp³-hybridized carbons (Fsp3) is 0.471. The second-order valence-electron chi connectivity index (χ2n) is 5.84. The van der Waals surface area contributed by atoms with Crippen LogP contribution in [0.3, 0.4) is 0 Å². The number of pyridine rings is 1. The van der Waals surface area contributed by atoms with Gasteiger partial charge in [-0.3, -0.25) is 4.90 Å². The summed E-state index contributed by atoms with van der Waals surface area (Å²) in [5, 5.41) is 23.5. The number of hydrogen-bond donors (Lipinski definition) is 1. The summed E-state index contributed by atoms with van der Waals surface area (Å²) in [6.45, 7) is 2.27. The maximum absolute atomic E-state index is 12.0. The van der Waals surface area contributed by atoms with Crippen LogP contribution in [-0.2, 0) is 6.42 Å². The van der Waals surface area contributed by atoms with Gasteiger partial charge in [0.1, 0.15) is 0 Å². The van der Waals surface area contributed by atoms with E-state index in [2.05, 4.69) is 4.90 Å². The number of aliphatic hydroxyl groups excluding tert-OH is 1. The van der Waals surface area contributed by atoms with E-state index in [9.17, 15) is 10.3 Å². The molecule has 1 saturated heterocycles. The zero-order valence-corrected chi connectivity index (χ0v) is 13.5. The van der Waals surface area contributed by atoms with Crippen molar-refractivity contribution in [2.24, 2.45) is 0 Å². The van der Waals surface area contributed by atoms with Gasteiger partial charge < -0.3 is 10.3 Å². The van der Waals surface area contributed by atoms with Gasteiger partial charge in [0, 0.05) is 23.9 Å². The fourth-order valence-corrected chi connectivity index (χ4v) is 3.25. The Morgan fingerprint density at radius 3 is 2.82 bits per heavy atom. The first-order valence-corrected chi connectivity index (χ1v) is 7.73. The summed E-state index contributed by atoms with van der Waals surface area (Å²) in [6, 6.07) is 10.3. The van der Waals surface area contributed by atoms with Crippen LogP contribution in [0.25, 0.3) is 10.8 Å². The average molecular weight is 323 g/mol. The number of nitrogens with zero attached hydrogens (tertiary/aromatic N) is 2. The Bertz CT molecular complexity index is 621. The molecule has 0 aliphatic carbocycles. The zero-order chi connectivity index (χ0) is 14.7. The largest absolute Gasteiger partial charge is 0.618 e. The summed E-state index contributed by atoms with van der Waals surface area (Å²) in [6.07, 6.45) is 5.66. The second kappa shape index (κ2) is 7.77. The van der Waals surface area contributed by atoms with E-state index in [0.717, 1.165) is 53.5 Å². The molecule has 1 aromatic heterocycles. The molecule has 5 heteroatoms. The lowest BCUT2D eigenvalue weighted by Crippen LogP contribution is -2.35. The lowest BCUT2D eigenvalue weighted by Gasteiger charge is -2.22. The molecule has 22 heavy (non-hydrogen) atoms. The number of fused-ring (bicyclic) bond motifs is 1. The molecule has 1 N–H and O–H groups in total. The Balaban J connectivity index is 0.00000176. The van der Waals surface area contributed by atoms with Crippen molar-refractivity contribution in [2.45, 2.75) is 31.7 Å². The van der Waals surface area contributed by atoms with E-state index in [4.69, 9.17) is 0 Å². The smallest absolute Gasteiger partial charge is 0.193 e. The fourth-order valence-electron chi connectivity index (χ4n) is 3.25. The van der Waals surface area contributed by atoms with Gasteiger partial charge in [0.25, 0.3) is 0 Å². The normalized spacial score (nSPS) is 18.5. The molecule has 0 spiro atoms. The summed E-state index contributed by atoms with van der Waals surface area (Å²) in [5.74, 6) is 0. The van der Waals surface area contributed by atoms with Crippen LogP contribution in [0, 0.1) is 5.21 Å². The Morgan fingerprint density at radius 1 is 1.27 bits per heavy atom. The molecular weight excluding hydrogens is 300 g/mol. The number of rotatable bonds is 5. The molecule has 120 valence electrons. The van der Waals surface area contributed by atoms with E-state index in [1.807, 2.05) is 30.3 Å². The first-order chi connectivity index (χ1) is 10.3. The molecule has 1 atom stereocenters. The van der Waals surface area contributed by atoms with E-state index in [-0.39, 0.29) is 19.0 Å². The van der Waals surface area contributed by atoms with Crippen LogP contribution in [0.4, 0.5) is 0 Å². The van der Waals surface area contributed by atoms with Crippen molar-refractivity contribution in [3.63, 3.8) is 0 Å². The van der Waals surface area contributed by atoms with E-state index in [0.29, 0.717) is 6.04 Å². The summed E-state index contributed by atoms with van der Waals surface area (Å²) in [7, 11) is 0. The van der Waals surface area contributed by atoms with Gasteiger partial charge in [-0.25, -0.2) is 0 Å². The summed E-state index contributed by atoms with van der Waals surface area (Å²) >= 11 is 0. The summed E-state index contributed by atoms with van der Waals surface area (Å²) in [4.78, 5) is 2.34. The average Bonchev–Trinajstić information content (AvgIpc) is 2.95. The highest BCUT2D eigenvalue weighted by molar-refractivity contribution is 5.85. The molecule has 0 saturated carbocycles. The highest BCUT2D eigenvalue weighted by Crippen LogP contribution is 2.18. The molecule has 1 aliphatic rings. The molecule has 1 aliphatic heterocycles. The third-order valence-corrected chi connectivity index (χ3v) is 4.45. The topological polar surface area (TPSA) is 50.4 Å². The monoisotopic (exact) mass is 322 g/mol. The maximum Gasteiger partial charge on any atom is 0.193 e. The highest BCUT2D eigenvalue weighted by Gasteiger charge is 2.23. The summed E-state index contributed by atoms with van der Waals surface area (Å²) in [5.41, 5.74) is 0.827. The van der Waals surface area contributed by atoms with Crippen molar-refractivity contribution in [1.29, 1.82) is 0 Å². The van der Waals surface area contributed by atoms with Crippen molar-refractivity contribution < 1.29 is 9.84 Å². The van der Waals surface area contributed by atoms with E-state index >= 15 is 0 Å². The molecule has 1 unspecified atom stereocenters. The van der Waals surface area contributed by atoms with Crippen LogP contribution in [0.5, 0.6) is 0 Å². The minimum atomic E-state index is 0. The number of aryl methyl sites for hydroxylation is 1. The minimum absolute atomic E-state index is 0.